The first-order chi connectivity index (χ1) is 19.3. The molecule has 0 aliphatic carbocycles. The second kappa shape index (κ2) is 10.3. The van der Waals surface area contributed by atoms with Crippen LogP contribution < -0.4 is 15.1 Å². The second-order valence-corrected chi connectivity index (χ2v) is 10.5. The van der Waals surface area contributed by atoms with Gasteiger partial charge in [-0.15, -0.1) is 0 Å². The van der Waals surface area contributed by atoms with Crippen LogP contribution in [0.1, 0.15) is 34.5 Å². The molecule has 0 bridgehead atoms. The highest BCUT2D eigenvalue weighted by molar-refractivity contribution is 6.31. The van der Waals surface area contributed by atoms with E-state index >= 15 is 0 Å². The molecule has 40 heavy (non-hydrogen) atoms. The minimum Gasteiger partial charge on any atom is -0.477 e. The summed E-state index contributed by atoms with van der Waals surface area (Å²) >= 11 is 6.22. The smallest absolute Gasteiger partial charge is 0.341 e. The van der Waals surface area contributed by atoms with Gasteiger partial charge in [-0.25, -0.2) is 9.78 Å². The first kappa shape index (κ1) is 25.9. The van der Waals surface area contributed by atoms with E-state index in [9.17, 15) is 20.0 Å². The molecule has 3 aromatic heterocycles. The minimum absolute atomic E-state index is 0.0588. The summed E-state index contributed by atoms with van der Waals surface area (Å²) < 4.78 is 9.49. The third kappa shape index (κ3) is 4.55. The Bertz CT molecular complexity index is 1740. The number of hydrogen-bond donors (Lipinski definition) is 1. The Hall–Kier alpha value is -4.40. The predicted molar refractivity (Wildman–Crippen MR) is 148 cm³/mol. The van der Waals surface area contributed by atoms with Crippen molar-refractivity contribution in [2.24, 2.45) is 0 Å². The van der Waals surface area contributed by atoms with Crippen LogP contribution in [0.2, 0.25) is 5.02 Å². The zero-order chi connectivity index (χ0) is 28.0. The SMILES string of the molecule is CN1CCn2nc(-n3cc(C(=O)O)c(=O)c4cc(C#N)c(N5CCC[C@@H]5COc5ncccc5Cl)cc43)cc2C1. The molecule has 0 saturated carbocycles. The molecule has 1 aromatic carbocycles. The Balaban J connectivity index is 1.46. The Morgan fingerprint density at radius 1 is 1.27 bits per heavy atom. The number of anilines is 1. The van der Waals surface area contributed by atoms with Crippen LogP contribution in [0.25, 0.3) is 16.7 Å². The lowest BCUT2D eigenvalue weighted by Crippen LogP contribution is -2.35. The quantitative estimate of drug-likeness (QED) is 0.378. The number of carboxylic acid groups (broad SMARTS) is 1. The topological polar surface area (TPSA) is 130 Å². The summed E-state index contributed by atoms with van der Waals surface area (Å²) in [5.41, 5.74) is 1.38. The molecule has 12 heteroatoms. The fourth-order valence-corrected chi connectivity index (χ4v) is 5.68. The van der Waals surface area contributed by atoms with Gasteiger partial charge in [0.1, 0.15) is 23.3 Å². The Labute approximate surface area is 234 Å². The minimum atomic E-state index is -1.34. The van der Waals surface area contributed by atoms with Gasteiger partial charge in [0.15, 0.2) is 5.82 Å². The van der Waals surface area contributed by atoms with Crippen LogP contribution in [0.15, 0.2) is 47.5 Å². The average molecular weight is 560 g/mol. The number of ether oxygens (including phenoxy) is 1. The maximum atomic E-state index is 13.3. The molecule has 2 aliphatic heterocycles. The van der Waals surface area contributed by atoms with Gasteiger partial charge in [0.2, 0.25) is 11.3 Å². The van der Waals surface area contributed by atoms with E-state index in [1.54, 1.807) is 29.0 Å². The number of pyridine rings is 2. The standard InChI is InChI=1S/C28H26ClN7O4/c1-33-8-9-36-19(14-33)11-25(32-36)35-15-21(28(38)39)26(37)20-10-17(13-30)23(12-24(20)35)34-7-3-4-18(34)16-40-27-22(29)5-2-6-31-27/h2,5-6,10-12,15,18H,3-4,7-9,14,16H2,1H3,(H,38,39)/t18-/m1/s1. The number of aromatic carboxylic acids is 1. The molecule has 1 fully saturated rings. The van der Waals surface area contributed by atoms with Gasteiger partial charge in [-0.2, -0.15) is 10.4 Å². The van der Waals surface area contributed by atoms with Crippen LogP contribution >= 0.6 is 11.6 Å². The van der Waals surface area contributed by atoms with Crippen LogP contribution in [-0.4, -0.2) is 68.1 Å². The van der Waals surface area contributed by atoms with Gasteiger partial charge in [0, 0.05) is 43.5 Å². The Kier molecular flexibility index (Phi) is 6.65. The fraction of sp³-hybridized carbons (Fsp3) is 0.321. The summed E-state index contributed by atoms with van der Waals surface area (Å²) in [6.45, 7) is 3.25. The molecule has 0 spiro atoms. The highest BCUT2D eigenvalue weighted by Gasteiger charge is 2.29. The van der Waals surface area contributed by atoms with E-state index in [1.165, 1.54) is 12.3 Å². The number of carboxylic acids is 1. The number of likely N-dealkylation sites (N-methyl/N-ethyl adjacent to an activating group) is 1. The van der Waals surface area contributed by atoms with Crippen molar-refractivity contribution in [2.45, 2.75) is 32.0 Å². The Morgan fingerprint density at radius 2 is 2.12 bits per heavy atom. The summed E-state index contributed by atoms with van der Waals surface area (Å²) in [4.78, 5) is 33.8. The van der Waals surface area contributed by atoms with E-state index in [0.717, 1.165) is 25.1 Å². The van der Waals surface area contributed by atoms with Crippen molar-refractivity contribution < 1.29 is 14.6 Å². The molecule has 6 rings (SSSR count). The van der Waals surface area contributed by atoms with E-state index in [4.69, 9.17) is 21.4 Å². The first-order valence-corrected chi connectivity index (χ1v) is 13.3. The number of fused-ring (bicyclic) bond motifs is 2. The highest BCUT2D eigenvalue weighted by Crippen LogP contribution is 2.33. The zero-order valence-corrected chi connectivity index (χ0v) is 22.5. The molecular formula is C28H26ClN7O4. The fourth-order valence-electron chi connectivity index (χ4n) is 5.51. The normalized spacial score (nSPS) is 17.1. The molecule has 5 heterocycles. The zero-order valence-electron chi connectivity index (χ0n) is 21.7. The van der Waals surface area contributed by atoms with Crippen molar-refractivity contribution in [1.82, 2.24) is 24.2 Å². The number of carbonyl (C=O) groups is 1. The van der Waals surface area contributed by atoms with E-state index in [-0.39, 0.29) is 22.6 Å². The highest BCUT2D eigenvalue weighted by atomic mass is 35.5. The van der Waals surface area contributed by atoms with Gasteiger partial charge in [-0.3, -0.25) is 18.9 Å². The molecule has 204 valence electrons. The van der Waals surface area contributed by atoms with Crippen LogP contribution in [0, 0.1) is 11.3 Å². The van der Waals surface area contributed by atoms with Crippen molar-refractivity contribution in [2.75, 3.05) is 31.6 Å². The van der Waals surface area contributed by atoms with Crippen molar-refractivity contribution >= 4 is 34.2 Å². The number of aromatic nitrogens is 4. The molecular weight excluding hydrogens is 534 g/mol. The molecule has 0 radical (unpaired) electrons. The van der Waals surface area contributed by atoms with E-state index in [0.29, 0.717) is 54.2 Å². The van der Waals surface area contributed by atoms with Gasteiger partial charge in [0.25, 0.3) is 0 Å². The van der Waals surface area contributed by atoms with Crippen LogP contribution in [0.3, 0.4) is 0 Å². The van der Waals surface area contributed by atoms with Crippen LogP contribution in [-0.2, 0) is 13.1 Å². The van der Waals surface area contributed by atoms with Crippen molar-refractivity contribution in [1.29, 1.82) is 5.26 Å². The van der Waals surface area contributed by atoms with Crippen LogP contribution in [0.5, 0.6) is 5.88 Å². The lowest BCUT2D eigenvalue weighted by molar-refractivity contribution is 0.0695. The van der Waals surface area contributed by atoms with E-state index in [1.807, 2.05) is 17.8 Å². The number of nitriles is 1. The number of nitrogens with zero attached hydrogens (tertiary/aromatic N) is 7. The van der Waals surface area contributed by atoms with Crippen LogP contribution in [0.4, 0.5) is 5.69 Å². The molecule has 1 saturated heterocycles. The maximum absolute atomic E-state index is 13.3. The van der Waals surface area contributed by atoms with Gasteiger partial charge < -0.3 is 14.7 Å². The number of benzene rings is 1. The van der Waals surface area contributed by atoms with Gasteiger partial charge in [-0.1, -0.05) is 11.6 Å². The van der Waals surface area contributed by atoms with Crippen molar-refractivity contribution in [3.63, 3.8) is 0 Å². The van der Waals surface area contributed by atoms with E-state index < -0.39 is 11.4 Å². The largest absolute Gasteiger partial charge is 0.477 e. The summed E-state index contributed by atoms with van der Waals surface area (Å²) in [6.07, 6.45) is 4.66. The first-order valence-electron chi connectivity index (χ1n) is 13.0. The molecule has 11 nitrogen and oxygen atoms in total. The number of halogens is 1. The predicted octanol–water partition coefficient (Wildman–Crippen LogP) is 3.30. The number of hydrogen-bond acceptors (Lipinski definition) is 8. The van der Waals surface area contributed by atoms with E-state index in [2.05, 4.69) is 20.9 Å². The Morgan fingerprint density at radius 3 is 2.90 bits per heavy atom. The summed E-state index contributed by atoms with van der Waals surface area (Å²) in [5, 5.41) is 25.2. The summed E-state index contributed by atoms with van der Waals surface area (Å²) in [6, 6.07) is 10.8. The number of rotatable bonds is 6. The average Bonchev–Trinajstić information content (AvgIpc) is 3.58. The molecule has 4 aromatic rings. The van der Waals surface area contributed by atoms with Gasteiger partial charge >= 0.3 is 5.97 Å². The maximum Gasteiger partial charge on any atom is 0.341 e. The summed E-state index contributed by atoms with van der Waals surface area (Å²) in [7, 11) is 2.03. The molecule has 1 atom stereocenters. The third-order valence-corrected chi connectivity index (χ3v) is 7.81. The monoisotopic (exact) mass is 559 g/mol. The van der Waals surface area contributed by atoms with Gasteiger partial charge in [0.05, 0.1) is 35.0 Å². The lowest BCUT2D eigenvalue weighted by atomic mass is 10.0. The lowest BCUT2D eigenvalue weighted by Gasteiger charge is -2.28. The van der Waals surface area contributed by atoms with Crippen molar-refractivity contribution in [3.05, 3.63) is 74.8 Å². The molecule has 1 N–H and O–H groups in total. The summed E-state index contributed by atoms with van der Waals surface area (Å²) in [5.74, 6) is -0.476. The third-order valence-electron chi connectivity index (χ3n) is 7.52. The van der Waals surface area contributed by atoms with Gasteiger partial charge in [-0.05, 0) is 44.2 Å². The molecule has 0 amide bonds. The molecule has 2 aliphatic rings. The second-order valence-electron chi connectivity index (χ2n) is 10.1. The molecule has 0 unspecified atom stereocenters. The van der Waals surface area contributed by atoms with Crippen molar-refractivity contribution in [3.8, 4) is 17.8 Å².